The Hall–Kier alpha value is -0.570. The fraction of sp³-hybridized carbons (Fsp3) is 0.933. The van der Waals surface area contributed by atoms with E-state index in [-0.39, 0.29) is 12.2 Å². The molecule has 1 aliphatic carbocycles. The van der Waals surface area contributed by atoms with E-state index in [9.17, 15) is 4.79 Å². The molecular formula is C15H28N2O. The number of hydrogen-bond acceptors (Lipinski definition) is 2. The van der Waals surface area contributed by atoms with E-state index in [2.05, 4.69) is 31.0 Å². The first-order chi connectivity index (χ1) is 8.65. The Morgan fingerprint density at radius 1 is 1.28 bits per heavy atom. The summed E-state index contributed by atoms with van der Waals surface area (Å²) >= 11 is 0. The van der Waals surface area contributed by atoms with E-state index >= 15 is 0 Å². The van der Waals surface area contributed by atoms with Crippen LogP contribution >= 0.6 is 0 Å². The molecular weight excluding hydrogens is 224 g/mol. The molecule has 0 aromatic rings. The zero-order valence-corrected chi connectivity index (χ0v) is 12.1. The summed E-state index contributed by atoms with van der Waals surface area (Å²) in [6, 6.07) is 0.544. The van der Waals surface area contributed by atoms with Crippen LogP contribution in [-0.4, -0.2) is 29.1 Å². The zero-order valence-electron chi connectivity index (χ0n) is 12.1. The van der Waals surface area contributed by atoms with Crippen molar-refractivity contribution in [2.45, 2.75) is 84.0 Å². The molecule has 1 saturated carbocycles. The molecule has 2 fully saturated rings. The summed E-state index contributed by atoms with van der Waals surface area (Å²) in [4.78, 5) is 14.8. The highest BCUT2D eigenvalue weighted by Crippen LogP contribution is 2.29. The van der Waals surface area contributed by atoms with E-state index in [0.29, 0.717) is 17.9 Å². The second-order valence-corrected chi connectivity index (χ2v) is 6.23. The van der Waals surface area contributed by atoms with Gasteiger partial charge in [-0.2, -0.15) is 0 Å². The van der Waals surface area contributed by atoms with E-state index in [1.165, 1.54) is 32.1 Å². The molecule has 1 N–H and O–H groups in total. The van der Waals surface area contributed by atoms with Crippen molar-refractivity contribution in [2.75, 3.05) is 0 Å². The predicted octanol–water partition coefficient (Wildman–Crippen LogP) is 2.90. The lowest BCUT2D eigenvalue weighted by molar-refractivity contribution is -0.133. The highest BCUT2D eigenvalue weighted by Gasteiger charge is 2.42. The predicted molar refractivity (Wildman–Crippen MR) is 74.2 cm³/mol. The fourth-order valence-corrected chi connectivity index (χ4v) is 3.44. The van der Waals surface area contributed by atoms with Gasteiger partial charge in [0.25, 0.3) is 0 Å². The van der Waals surface area contributed by atoms with Gasteiger partial charge in [-0.1, -0.05) is 46.5 Å². The smallest absolute Gasteiger partial charge is 0.241 e. The molecule has 0 radical (unpaired) electrons. The number of rotatable bonds is 4. The number of carbonyl (C=O) groups is 1. The Morgan fingerprint density at radius 3 is 2.50 bits per heavy atom. The Morgan fingerprint density at radius 2 is 1.94 bits per heavy atom. The van der Waals surface area contributed by atoms with E-state index < -0.39 is 0 Å². The molecule has 18 heavy (non-hydrogen) atoms. The van der Waals surface area contributed by atoms with Crippen LogP contribution in [-0.2, 0) is 4.79 Å². The topological polar surface area (TPSA) is 32.3 Å². The minimum absolute atomic E-state index is 0.0449. The summed E-state index contributed by atoms with van der Waals surface area (Å²) in [7, 11) is 0. The first-order valence-electron chi connectivity index (χ1n) is 7.73. The molecule has 0 aromatic carbocycles. The number of nitrogens with one attached hydrogen (secondary N) is 1. The highest BCUT2D eigenvalue weighted by molar-refractivity contribution is 5.85. The number of amides is 1. The normalized spacial score (nSPS) is 30.4. The monoisotopic (exact) mass is 252 g/mol. The Bertz CT molecular complexity index is 284. The van der Waals surface area contributed by atoms with Crippen LogP contribution in [0.4, 0.5) is 0 Å². The summed E-state index contributed by atoms with van der Waals surface area (Å²) in [5.41, 5.74) is 0. The molecule has 2 unspecified atom stereocenters. The molecule has 1 aliphatic heterocycles. The Balaban J connectivity index is 2.10. The van der Waals surface area contributed by atoms with Gasteiger partial charge in [0.2, 0.25) is 5.91 Å². The zero-order chi connectivity index (χ0) is 13.1. The third kappa shape index (κ3) is 2.71. The maximum atomic E-state index is 12.6. The summed E-state index contributed by atoms with van der Waals surface area (Å²) in [6.07, 6.45) is 8.86. The standard InChI is InChI=1S/C15H28N2O/c1-4-8-13-16-14(11(2)3)15(18)17(13)12-9-6-5-7-10-12/h11-14,16H,4-10H2,1-3H3. The number of hydrogen-bond donors (Lipinski definition) is 1. The van der Waals surface area contributed by atoms with Crippen LogP contribution in [0.1, 0.15) is 65.7 Å². The minimum atomic E-state index is 0.0449. The van der Waals surface area contributed by atoms with Crippen LogP contribution in [0.25, 0.3) is 0 Å². The number of carbonyl (C=O) groups excluding carboxylic acids is 1. The van der Waals surface area contributed by atoms with Gasteiger partial charge in [0, 0.05) is 6.04 Å². The molecule has 1 amide bonds. The van der Waals surface area contributed by atoms with Crippen LogP contribution in [0.3, 0.4) is 0 Å². The highest BCUT2D eigenvalue weighted by atomic mass is 16.2. The van der Waals surface area contributed by atoms with Crippen molar-refractivity contribution in [2.24, 2.45) is 5.92 Å². The van der Waals surface area contributed by atoms with Crippen LogP contribution in [0.5, 0.6) is 0 Å². The van der Waals surface area contributed by atoms with E-state index in [4.69, 9.17) is 0 Å². The fourth-order valence-electron chi connectivity index (χ4n) is 3.44. The van der Waals surface area contributed by atoms with Gasteiger partial charge < -0.3 is 4.90 Å². The van der Waals surface area contributed by atoms with Crippen molar-refractivity contribution in [1.29, 1.82) is 0 Å². The van der Waals surface area contributed by atoms with Crippen LogP contribution in [0, 0.1) is 5.92 Å². The van der Waals surface area contributed by atoms with E-state index in [1.807, 2.05) is 0 Å². The van der Waals surface area contributed by atoms with Crippen LogP contribution in [0.15, 0.2) is 0 Å². The quantitative estimate of drug-likeness (QED) is 0.834. The van der Waals surface area contributed by atoms with Gasteiger partial charge in [-0.15, -0.1) is 0 Å². The first-order valence-corrected chi connectivity index (χ1v) is 7.73. The lowest BCUT2D eigenvalue weighted by Crippen LogP contribution is -2.45. The first kappa shape index (κ1) is 13.9. The van der Waals surface area contributed by atoms with E-state index in [0.717, 1.165) is 12.8 Å². The molecule has 2 rings (SSSR count). The van der Waals surface area contributed by atoms with Crippen molar-refractivity contribution in [3.05, 3.63) is 0 Å². The summed E-state index contributed by atoms with van der Waals surface area (Å²) < 4.78 is 0. The van der Waals surface area contributed by atoms with Crippen LogP contribution in [0.2, 0.25) is 0 Å². The van der Waals surface area contributed by atoms with Gasteiger partial charge in [0.15, 0.2) is 0 Å². The largest absolute Gasteiger partial charge is 0.323 e. The average molecular weight is 252 g/mol. The van der Waals surface area contributed by atoms with Gasteiger partial charge in [0.05, 0.1) is 12.2 Å². The van der Waals surface area contributed by atoms with Crippen molar-refractivity contribution in [3.8, 4) is 0 Å². The van der Waals surface area contributed by atoms with Gasteiger partial charge >= 0.3 is 0 Å². The average Bonchev–Trinajstić information content (AvgIpc) is 2.68. The minimum Gasteiger partial charge on any atom is -0.323 e. The lowest BCUT2D eigenvalue weighted by atomic mass is 9.93. The molecule has 0 bridgehead atoms. The Kier molecular flexibility index (Phi) is 4.66. The van der Waals surface area contributed by atoms with Crippen molar-refractivity contribution < 1.29 is 4.79 Å². The maximum Gasteiger partial charge on any atom is 0.241 e. The molecule has 3 heteroatoms. The van der Waals surface area contributed by atoms with Crippen molar-refractivity contribution in [1.82, 2.24) is 10.2 Å². The second-order valence-electron chi connectivity index (χ2n) is 6.23. The summed E-state index contributed by atoms with van der Waals surface area (Å²) in [5, 5.41) is 3.56. The van der Waals surface area contributed by atoms with E-state index in [1.54, 1.807) is 0 Å². The number of nitrogens with zero attached hydrogens (tertiary/aromatic N) is 1. The molecule has 2 atom stereocenters. The van der Waals surface area contributed by atoms with Gasteiger partial charge in [-0.05, 0) is 25.2 Å². The molecule has 104 valence electrons. The molecule has 1 heterocycles. The third-order valence-electron chi connectivity index (χ3n) is 4.43. The van der Waals surface area contributed by atoms with Crippen molar-refractivity contribution >= 4 is 5.91 Å². The molecule has 0 aromatic heterocycles. The van der Waals surface area contributed by atoms with Crippen molar-refractivity contribution in [3.63, 3.8) is 0 Å². The molecule has 3 nitrogen and oxygen atoms in total. The summed E-state index contributed by atoms with van der Waals surface area (Å²) in [5.74, 6) is 0.751. The third-order valence-corrected chi connectivity index (χ3v) is 4.43. The SMILES string of the molecule is CCCC1NC(C(C)C)C(=O)N1C1CCCCC1. The van der Waals surface area contributed by atoms with Gasteiger partial charge in [-0.25, -0.2) is 0 Å². The molecule has 2 aliphatic rings. The molecule has 1 saturated heterocycles. The van der Waals surface area contributed by atoms with Crippen LogP contribution < -0.4 is 5.32 Å². The lowest BCUT2D eigenvalue weighted by Gasteiger charge is -2.35. The maximum absolute atomic E-state index is 12.6. The Labute approximate surface area is 111 Å². The molecule has 0 spiro atoms. The van der Waals surface area contributed by atoms with Gasteiger partial charge in [-0.3, -0.25) is 10.1 Å². The summed E-state index contributed by atoms with van der Waals surface area (Å²) in [6.45, 7) is 6.49. The second kappa shape index (κ2) is 6.05. The van der Waals surface area contributed by atoms with Gasteiger partial charge in [0.1, 0.15) is 0 Å².